The van der Waals surface area contributed by atoms with Gasteiger partial charge in [0, 0.05) is 24.9 Å². The third kappa shape index (κ3) is 3.15. The first-order valence-corrected chi connectivity index (χ1v) is 6.28. The Morgan fingerprint density at radius 3 is 2.84 bits per heavy atom. The summed E-state index contributed by atoms with van der Waals surface area (Å²) in [5.74, 6) is -1.02. The van der Waals surface area contributed by atoms with Gasteiger partial charge in [0.2, 0.25) is 0 Å². The fourth-order valence-electron chi connectivity index (χ4n) is 1.93. The molecule has 0 aromatic carbocycles. The maximum absolute atomic E-state index is 11.1. The summed E-state index contributed by atoms with van der Waals surface area (Å²) in [6, 6.07) is 5.73. The van der Waals surface area contributed by atoms with Crippen LogP contribution in [0.5, 0.6) is 0 Å². The quantitative estimate of drug-likeness (QED) is 0.852. The van der Waals surface area contributed by atoms with E-state index in [1.54, 1.807) is 10.9 Å². The van der Waals surface area contributed by atoms with Crippen molar-refractivity contribution in [1.29, 1.82) is 0 Å². The lowest BCUT2D eigenvalue weighted by molar-refractivity contribution is 0.0689. The lowest BCUT2D eigenvalue weighted by atomic mass is 10.2. The summed E-state index contributed by atoms with van der Waals surface area (Å²) in [5, 5.41) is 16.7. The number of rotatable bonds is 6. The summed E-state index contributed by atoms with van der Waals surface area (Å²) in [5.41, 5.74) is 1.70. The first-order valence-electron chi connectivity index (χ1n) is 6.28. The number of carboxylic acids is 1. The van der Waals surface area contributed by atoms with Crippen molar-refractivity contribution in [2.75, 3.05) is 0 Å². The van der Waals surface area contributed by atoms with Gasteiger partial charge in [-0.15, -0.1) is 5.10 Å². The standard InChI is InChI=1S/C13H16N4O2/c1-2-5-11-12(13(18)19)15-16-17(11)9-7-10-6-3-4-8-14-10/h3-4,6,8H,2,5,7,9H2,1H3,(H,18,19). The molecule has 0 amide bonds. The van der Waals surface area contributed by atoms with Crippen LogP contribution in [0.2, 0.25) is 0 Å². The molecule has 1 N–H and O–H groups in total. The Bertz CT molecular complexity index is 551. The van der Waals surface area contributed by atoms with E-state index < -0.39 is 5.97 Å². The Balaban J connectivity index is 2.14. The Morgan fingerprint density at radius 1 is 1.37 bits per heavy atom. The molecule has 0 saturated carbocycles. The lowest BCUT2D eigenvalue weighted by Crippen LogP contribution is -2.10. The first kappa shape index (κ1) is 13.2. The van der Waals surface area contributed by atoms with Gasteiger partial charge >= 0.3 is 5.97 Å². The fraction of sp³-hybridized carbons (Fsp3) is 0.385. The van der Waals surface area contributed by atoms with E-state index in [4.69, 9.17) is 5.11 Å². The van der Waals surface area contributed by atoms with Crippen molar-refractivity contribution in [3.63, 3.8) is 0 Å². The summed E-state index contributed by atoms with van der Waals surface area (Å²) in [7, 11) is 0. The predicted octanol–water partition coefficient (Wildman–Crippen LogP) is 1.57. The molecular weight excluding hydrogens is 244 g/mol. The van der Waals surface area contributed by atoms with Crippen LogP contribution in [0.1, 0.15) is 35.2 Å². The van der Waals surface area contributed by atoms with Gasteiger partial charge in [0.15, 0.2) is 5.69 Å². The van der Waals surface area contributed by atoms with Crippen LogP contribution in [-0.2, 0) is 19.4 Å². The van der Waals surface area contributed by atoms with Crippen molar-refractivity contribution >= 4 is 5.97 Å². The predicted molar refractivity (Wildman–Crippen MR) is 68.9 cm³/mol. The van der Waals surface area contributed by atoms with Gasteiger partial charge < -0.3 is 5.11 Å². The Hall–Kier alpha value is -2.24. The van der Waals surface area contributed by atoms with E-state index in [1.165, 1.54) is 0 Å². The number of carbonyl (C=O) groups is 1. The Morgan fingerprint density at radius 2 is 2.21 bits per heavy atom. The topological polar surface area (TPSA) is 80.9 Å². The van der Waals surface area contributed by atoms with Crippen LogP contribution < -0.4 is 0 Å². The second-order valence-corrected chi connectivity index (χ2v) is 4.23. The van der Waals surface area contributed by atoms with E-state index in [0.29, 0.717) is 25.1 Å². The minimum atomic E-state index is -1.02. The molecule has 2 aromatic rings. The average molecular weight is 260 g/mol. The minimum absolute atomic E-state index is 0.0582. The maximum atomic E-state index is 11.1. The van der Waals surface area contributed by atoms with Gasteiger partial charge in [-0.25, -0.2) is 9.48 Å². The van der Waals surface area contributed by atoms with Crippen LogP contribution in [-0.4, -0.2) is 31.1 Å². The van der Waals surface area contributed by atoms with E-state index in [0.717, 1.165) is 12.1 Å². The van der Waals surface area contributed by atoms with Crippen molar-refractivity contribution in [3.05, 3.63) is 41.5 Å². The van der Waals surface area contributed by atoms with E-state index >= 15 is 0 Å². The van der Waals surface area contributed by atoms with Crippen molar-refractivity contribution in [1.82, 2.24) is 20.0 Å². The third-order valence-corrected chi connectivity index (χ3v) is 2.83. The van der Waals surface area contributed by atoms with Crippen molar-refractivity contribution in [3.8, 4) is 0 Å². The third-order valence-electron chi connectivity index (χ3n) is 2.83. The molecule has 19 heavy (non-hydrogen) atoms. The summed E-state index contributed by atoms with van der Waals surface area (Å²) in [6.45, 7) is 2.59. The van der Waals surface area contributed by atoms with Gasteiger partial charge in [-0.1, -0.05) is 24.6 Å². The number of aromatic nitrogens is 4. The molecule has 6 nitrogen and oxygen atoms in total. The molecule has 0 bridgehead atoms. The molecule has 0 aliphatic carbocycles. The monoisotopic (exact) mass is 260 g/mol. The smallest absolute Gasteiger partial charge is 0.358 e. The van der Waals surface area contributed by atoms with E-state index in [1.807, 2.05) is 25.1 Å². The molecule has 0 radical (unpaired) electrons. The zero-order valence-corrected chi connectivity index (χ0v) is 10.8. The molecule has 2 aromatic heterocycles. The summed E-state index contributed by atoms with van der Waals surface area (Å²) in [6.07, 6.45) is 3.97. The van der Waals surface area contributed by atoms with Gasteiger partial charge in [0.1, 0.15) is 0 Å². The average Bonchev–Trinajstić information content (AvgIpc) is 2.81. The zero-order valence-electron chi connectivity index (χ0n) is 10.8. The molecule has 0 spiro atoms. The van der Waals surface area contributed by atoms with Crippen LogP contribution in [0, 0.1) is 0 Å². The van der Waals surface area contributed by atoms with Crippen LogP contribution in [0.15, 0.2) is 24.4 Å². The minimum Gasteiger partial charge on any atom is -0.476 e. The van der Waals surface area contributed by atoms with E-state index in [9.17, 15) is 4.79 Å². The second-order valence-electron chi connectivity index (χ2n) is 4.23. The number of pyridine rings is 1. The van der Waals surface area contributed by atoms with Gasteiger partial charge in [-0.3, -0.25) is 4.98 Å². The van der Waals surface area contributed by atoms with Gasteiger partial charge in [0.25, 0.3) is 0 Å². The molecule has 0 aliphatic heterocycles. The molecule has 0 atom stereocenters. The molecule has 0 saturated heterocycles. The molecule has 2 rings (SSSR count). The van der Waals surface area contributed by atoms with Gasteiger partial charge in [-0.2, -0.15) is 0 Å². The largest absolute Gasteiger partial charge is 0.476 e. The number of carboxylic acid groups (broad SMARTS) is 1. The highest BCUT2D eigenvalue weighted by molar-refractivity contribution is 5.86. The van der Waals surface area contributed by atoms with E-state index in [-0.39, 0.29) is 5.69 Å². The Labute approximate surface area is 111 Å². The zero-order chi connectivity index (χ0) is 13.7. The summed E-state index contributed by atoms with van der Waals surface area (Å²) in [4.78, 5) is 15.3. The molecule has 2 heterocycles. The van der Waals surface area contributed by atoms with Crippen LogP contribution >= 0.6 is 0 Å². The Kier molecular flexibility index (Phi) is 4.22. The second kappa shape index (κ2) is 6.08. The highest BCUT2D eigenvalue weighted by Gasteiger charge is 2.17. The van der Waals surface area contributed by atoms with Crippen molar-refractivity contribution in [2.45, 2.75) is 32.7 Å². The maximum Gasteiger partial charge on any atom is 0.358 e. The van der Waals surface area contributed by atoms with Gasteiger partial charge in [-0.05, 0) is 18.6 Å². The molecular formula is C13H16N4O2. The highest BCUT2D eigenvalue weighted by Crippen LogP contribution is 2.09. The number of hydrogen-bond donors (Lipinski definition) is 1. The van der Waals surface area contributed by atoms with Crippen molar-refractivity contribution < 1.29 is 9.90 Å². The van der Waals surface area contributed by atoms with Gasteiger partial charge in [0.05, 0.1) is 5.69 Å². The fourth-order valence-corrected chi connectivity index (χ4v) is 1.93. The summed E-state index contributed by atoms with van der Waals surface area (Å²) < 4.78 is 1.67. The normalized spacial score (nSPS) is 10.6. The number of nitrogens with zero attached hydrogens (tertiary/aromatic N) is 4. The molecule has 6 heteroatoms. The lowest BCUT2D eigenvalue weighted by Gasteiger charge is -2.05. The number of hydrogen-bond acceptors (Lipinski definition) is 4. The van der Waals surface area contributed by atoms with Crippen LogP contribution in [0.3, 0.4) is 0 Å². The number of aromatic carboxylic acids is 1. The van der Waals surface area contributed by atoms with E-state index in [2.05, 4.69) is 15.3 Å². The number of aryl methyl sites for hydroxylation is 2. The molecule has 100 valence electrons. The SMILES string of the molecule is CCCc1c(C(=O)O)nnn1CCc1ccccn1. The molecule has 0 unspecified atom stereocenters. The van der Waals surface area contributed by atoms with Crippen molar-refractivity contribution in [2.24, 2.45) is 0 Å². The molecule has 0 fully saturated rings. The summed E-state index contributed by atoms with van der Waals surface area (Å²) >= 11 is 0. The highest BCUT2D eigenvalue weighted by atomic mass is 16.4. The first-order chi connectivity index (χ1) is 9.22. The van der Waals surface area contributed by atoms with Crippen LogP contribution in [0.4, 0.5) is 0 Å². The molecule has 0 aliphatic rings. The van der Waals surface area contributed by atoms with Crippen LogP contribution in [0.25, 0.3) is 0 Å².